The van der Waals surface area contributed by atoms with E-state index in [0.29, 0.717) is 18.0 Å². The van der Waals surface area contributed by atoms with Crippen LogP contribution < -0.4 is 5.32 Å². The molecule has 35 heavy (non-hydrogen) atoms. The maximum atomic E-state index is 14.3. The first-order valence-electron chi connectivity index (χ1n) is 12.4. The van der Waals surface area contributed by atoms with Gasteiger partial charge in [-0.2, -0.15) is 0 Å². The van der Waals surface area contributed by atoms with E-state index in [2.05, 4.69) is 30.4 Å². The number of amides is 2. The molecule has 7 nitrogen and oxygen atoms in total. The van der Waals surface area contributed by atoms with Crippen molar-refractivity contribution in [3.8, 4) is 5.69 Å². The highest BCUT2D eigenvalue weighted by Crippen LogP contribution is 2.39. The standard InChI is InChI=1S/C28H30N4O3/c1-19-11-12-23-22(16-19)24(30-13-5-6-14-30)25-26(33)32(17-21-10-7-15-35-21)28(2,18-31(23)25)27(34)29-20-8-3-4-9-20/h5-7,10-16,20H,3-4,8-9,17-18H2,1-2H3,(H,29,34)/t28-/m0/s1. The predicted molar refractivity (Wildman–Crippen MR) is 133 cm³/mol. The Morgan fingerprint density at radius 2 is 1.91 bits per heavy atom. The van der Waals surface area contributed by atoms with Gasteiger partial charge < -0.3 is 23.8 Å². The third-order valence-electron chi connectivity index (χ3n) is 7.64. The molecule has 2 aliphatic rings. The third kappa shape index (κ3) is 3.49. The van der Waals surface area contributed by atoms with Gasteiger partial charge in [-0.25, -0.2) is 0 Å². The van der Waals surface area contributed by atoms with E-state index in [4.69, 9.17) is 4.42 Å². The van der Waals surface area contributed by atoms with Crippen molar-refractivity contribution >= 4 is 22.7 Å². The average Bonchev–Trinajstić information content (AvgIpc) is 3.64. The molecule has 7 heteroatoms. The van der Waals surface area contributed by atoms with Crippen molar-refractivity contribution < 1.29 is 14.0 Å². The lowest BCUT2D eigenvalue weighted by Gasteiger charge is -2.44. The van der Waals surface area contributed by atoms with Gasteiger partial charge in [0.25, 0.3) is 5.91 Å². The normalized spacial score (nSPS) is 20.5. The van der Waals surface area contributed by atoms with E-state index in [0.717, 1.165) is 47.8 Å². The van der Waals surface area contributed by atoms with Crippen molar-refractivity contribution in [3.63, 3.8) is 0 Å². The second-order valence-electron chi connectivity index (χ2n) is 10.1. The van der Waals surface area contributed by atoms with Crippen LogP contribution in [0.1, 0.15) is 54.4 Å². The quantitative estimate of drug-likeness (QED) is 0.455. The molecule has 6 rings (SSSR count). The lowest BCUT2D eigenvalue weighted by molar-refractivity contribution is -0.134. The Kier molecular flexibility index (Phi) is 5.09. The highest BCUT2D eigenvalue weighted by molar-refractivity contribution is 6.09. The van der Waals surface area contributed by atoms with Gasteiger partial charge in [0.1, 0.15) is 17.0 Å². The summed E-state index contributed by atoms with van der Waals surface area (Å²) >= 11 is 0. The molecule has 0 saturated heterocycles. The minimum Gasteiger partial charge on any atom is -0.467 e. The van der Waals surface area contributed by atoms with Gasteiger partial charge in [0.15, 0.2) is 0 Å². The van der Waals surface area contributed by atoms with Gasteiger partial charge in [-0.3, -0.25) is 9.59 Å². The minimum absolute atomic E-state index is 0.105. The highest BCUT2D eigenvalue weighted by Gasteiger charge is 2.49. The fraction of sp³-hybridized carbons (Fsp3) is 0.357. The number of aromatic nitrogens is 2. The van der Waals surface area contributed by atoms with Gasteiger partial charge in [-0.1, -0.05) is 24.5 Å². The van der Waals surface area contributed by atoms with E-state index in [1.807, 2.05) is 52.7 Å². The van der Waals surface area contributed by atoms with E-state index in [9.17, 15) is 9.59 Å². The Morgan fingerprint density at radius 1 is 1.14 bits per heavy atom. The van der Waals surface area contributed by atoms with E-state index in [-0.39, 0.29) is 24.4 Å². The topological polar surface area (TPSA) is 72.4 Å². The Hall–Kier alpha value is -3.74. The summed E-state index contributed by atoms with van der Waals surface area (Å²) in [6.45, 7) is 4.54. The molecule has 3 aromatic heterocycles. The molecule has 0 radical (unpaired) electrons. The van der Waals surface area contributed by atoms with Crippen molar-refractivity contribution in [2.24, 2.45) is 0 Å². The first-order valence-corrected chi connectivity index (χ1v) is 12.4. The smallest absolute Gasteiger partial charge is 0.274 e. The number of fused-ring (bicyclic) bond motifs is 3. The van der Waals surface area contributed by atoms with Gasteiger partial charge in [0.05, 0.1) is 30.6 Å². The SMILES string of the molecule is Cc1ccc2c(c1)c(-n1cccc1)c1n2C[C@@](C)(C(=O)NC2CCCC2)N(Cc2ccco2)C1=O. The van der Waals surface area contributed by atoms with Crippen LogP contribution in [0, 0.1) is 6.92 Å². The highest BCUT2D eigenvalue weighted by atomic mass is 16.3. The van der Waals surface area contributed by atoms with Crippen LogP contribution in [-0.2, 0) is 17.9 Å². The molecule has 1 saturated carbocycles. The predicted octanol–water partition coefficient (Wildman–Crippen LogP) is 4.81. The van der Waals surface area contributed by atoms with E-state index < -0.39 is 5.54 Å². The summed E-state index contributed by atoms with van der Waals surface area (Å²) in [5, 5.41) is 4.26. The summed E-state index contributed by atoms with van der Waals surface area (Å²) in [7, 11) is 0. The van der Waals surface area contributed by atoms with E-state index >= 15 is 0 Å². The van der Waals surface area contributed by atoms with Gasteiger partial charge >= 0.3 is 0 Å². The molecule has 1 aromatic carbocycles. The third-order valence-corrected chi connectivity index (χ3v) is 7.64. The number of nitrogens with zero attached hydrogens (tertiary/aromatic N) is 3. The number of aryl methyl sites for hydroxylation is 1. The molecule has 0 spiro atoms. The molecular formula is C28H30N4O3. The summed E-state index contributed by atoms with van der Waals surface area (Å²) in [6.07, 6.45) is 9.76. The van der Waals surface area contributed by atoms with Crippen molar-refractivity contribution in [1.82, 2.24) is 19.4 Å². The number of carbonyl (C=O) groups is 2. The van der Waals surface area contributed by atoms with Crippen LogP contribution in [0.3, 0.4) is 0 Å². The summed E-state index contributed by atoms with van der Waals surface area (Å²) in [6, 6.07) is 14.0. The molecule has 1 atom stereocenters. The Bertz CT molecular complexity index is 1390. The molecule has 1 aliphatic carbocycles. The first-order chi connectivity index (χ1) is 17.0. The van der Waals surface area contributed by atoms with Gasteiger partial charge in [-0.15, -0.1) is 0 Å². The molecule has 4 aromatic rings. The summed E-state index contributed by atoms with van der Waals surface area (Å²) in [5.41, 5.74) is 2.46. The lowest BCUT2D eigenvalue weighted by atomic mass is 9.93. The van der Waals surface area contributed by atoms with Crippen LogP contribution in [0.2, 0.25) is 0 Å². The summed E-state index contributed by atoms with van der Waals surface area (Å²) in [4.78, 5) is 29.9. The minimum atomic E-state index is -1.07. The van der Waals surface area contributed by atoms with Crippen molar-refractivity contribution in [1.29, 1.82) is 0 Å². The number of rotatable bonds is 5. The first kappa shape index (κ1) is 21.8. The number of benzene rings is 1. The fourth-order valence-corrected chi connectivity index (χ4v) is 5.73. The second-order valence-corrected chi connectivity index (χ2v) is 10.1. The molecule has 1 aliphatic heterocycles. The summed E-state index contributed by atoms with van der Waals surface area (Å²) in [5.74, 6) is 0.377. The van der Waals surface area contributed by atoms with Crippen molar-refractivity contribution in [2.45, 2.75) is 64.2 Å². The molecule has 0 unspecified atom stereocenters. The number of hydrogen-bond donors (Lipinski definition) is 1. The molecule has 0 bridgehead atoms. The zero-order valence-electron chi connectivity index (χ0n) is 20.2. The number of furan rings is 1. The van der Waals surface area contributed by atoms with Crippen LogP contribution in [0.5, 0.6) is 0 Å². The average molecular weight is 471 g/mol. The molecule has 1 N–H and O–H groups in total. The van der Waals surface area contributed by atoms with E-state index in [1.54, 1.807) is 11.2 Å². The monoisotopic (exact) mass is 470 g/mol. The summed E-state index contributed by atoms with van der Waals surface area (Å²) < 4.78 is 9.66. The Balaban J connectivity index is 1.53. The molecule has 1 fully saturated rings. The van der Waals surface area contributed by atoms with Gasteiger partial charge in [0.2, 0.25) is 5.91 Å². The molecule has 2 amide bonds. The fourth-order valence-electron chi connectivity index (χ4n) is 5.73. The van der Waals surface area contributed by atoms with E-state index in [1.165, 1.54) is 0 Å². The largest absolute Gasteiger partial charge is 0.467 e. The molecule has 180 valence electrons. The maximum absolute atomic E-state index is 14.3. The zero-order valence-corrected chi connectivity index (χ0v) is 20.2. The Morgan fingerprint density at radius 3 is 2.63 bits per heavy atom. The van der Waals surface area contributed by atoms with Crippen LogP contribution in [0.15, 0.2) is 65.5 Å². The molecule has 4 heterocycles. The van der Waals surface area contributed by atoms with Crippen molar-refractivity contribution in [2.75, 3.05) is 0 Å². The number of carbonyl (C=O) groups excluding carboxylic acids is 2. The maximum Gasteiger partial charge on any atom is 0.274 e. The Labute approximate surface area is 204 Å². The van der Waals surface area contributed by atoms with Gasteiger partial charge in [0, 0.05) is 23.8 Å². The van der Waals surface area contributed by atoms with Crippen LogP contribution in [0.25, 0.3) is 16.6 Å². The lowest BCUT2D eigenvalue weighted by Crippen LogP contribution is -2.64. The van der Waals surface area contributed by atoms with Crippen molar-refractivity contribution in [3.05, 3.63) is 78.1 Å². The van der Waals surface area contributed by atoms with Crippen LogP contribution in [0.4, 0.5) is 0 Å². The second kappa shape index (κ2) is 8.18. The molecular weight excluding hydrogens is 440 g/mol. The zero-order chi connectivity index (χ0) is 24.2. The number of hydrogen-bond acceptors (Lipinski definition) is 3. The number of nitrogens with one attached hydrogen (secondary N) is 1. The van der Waals surface area contributed by atoms with Crippen LogP contribution >= 0.6 is 0 Å². The van der Waals surface area contributed by atoms with Gasteiger partial charge in [-0.05, 0) is 63.1 Å². The van der Waals surface area contributed by atoms with Crippen LogP contribution in [-0.4, -0.2) is 37.4 Å².